The second kappa shape index (κ2) is 8.01. The van der Waals surface area contributed by atoms with E-state index in [9.17, 15) is 13.2 Å². The lowest BCUT2D eigenvalue weighted by Gasteiger charge is -2.28. The number of rotatable bonds is 6. The Morgan fingerprint density at radius 1 is 1.08 bits per heavy atom. The van der Waals surface area contributed by atoms with Gasteiger partial charge in [-0.05, 0) is 49.7 Å². The molecule has 0 radical (unpaired) electrons. The molecule has 138 valence electrons. The monoisotopic (exact) mass is 372 g/mol. The average molecular weight is 372 g/mol. The molecule has 0 aromatic heterocycles. The van der Waals surface area contributed by atoms with Crippen LogP contribution in [0.1, 0.15) is 34.8 Å². The first-order valence-electron chi connectivity index (χ1n) is 8.82. The van der Waals surface area contributed by atoms with Crippen LogP contribution in [0.4, 0.5) is 0 Å². The van der Waals surface area contributed by atoms with Gasteiger partial charge in [0.25, 0.3) is 5.91 Å². The molecule has 3 rings (SSSR count). The van der Waals surface area contributed by atoms with Crippen LogP contribution in [0.25, 0.3) is 0 Å². The topological polar surface area (TPSA) is 66.5 Å². The van der Waals surface area contributed by atoms with Crippen LogP contribution in [0.3, 0.4) is 0 Å². The van der Waals surface area contributed by atoms with E-state index < -0.39 is 9.84 Å². The van der Waals surface area contributed by atoms with Crippen LogP contribution in [0.2, 0.25) is 0 Å². The number of nitrogens with one attached hydrogen (secondary N) is 1. The summed E-state index contributed by atoms with van der Waals surface area (Å²) < 4.78 is 23.4. The summed E-state index contributed by atoms with van der Waals surface area (Å²) in [6.07, 6.45) is 3.49. The van der Waals surface area contributed by atoms with E-state index in [4.69, 9.17) is 0 Å². The van der Waals surface area contributed by atoms with Gasteiger partial charge in [0.05, 0.1) is 10.9 Å². The Morgan fingerprint density at radius 2 is 1.77 bits per heavy atom. The van der Waals surface area contributed by atoms with Crippen LogP contribution in [-0.2, 0) is 9.84 Å². The van der Waals surface area contributed by atoms with Gasteiger partial charge in [0.1, 0.15) is 0 Å². The molecule has 26 heavy (non-hydrogen) atoms. The molecule has 1 atom stereocenters. The maximum atomic E-state index is 12.6. The van der Waals surface area contributed by atoms with Crippen molar-refractivity contribution in [3.63, 3.8) is 0 Å². The number of sulfone groups is 1. The van der Waals surface area contributed by atoms with E-state index in [1.165, 1.54) is 30.5 Å². The maximum Gasteiger partial charge on any atom is 0.251 e. The van der Waals surface area contributed by atoms with Gasteiger partial charge in [-0.2, -0.15) is 0 Å². The molecule has 5 nitrogen and oxygen atoms in total. The summed E-state index contributed by atoms with van der Waals surface area (Å²) in [5, 5.41) is 2.98. The van der Waals surface area contributed by atoms with E-state index in [1.54, 1.807) is 12.1 Å². The summed E-state index contributed by atoms with van der Waals surface area (Å²) in [6, 6.07) is 16.5. The van der Waals surface area contributed by atoms with E-state index in [1.807, 2.05) is 18.2 Å². The van der Waals surface area contributed by atoms with Crippen LogP contribution in [-0.4, -0.2) is 45.1 Å². The van der Waals surface area contributed by atoms with Crippen molar-refractivity contribution in [3.8, 4) is 0 Å². The number of likely N-dealkylation sites (tertiary alicyclic amines) is 1. The quantitative estimate of drug-likeness (QED) is 0.847. The van der Waals surface area contributed by atoms with Gasteiger partial charge in [-0.15, -0.1) is 0 Å². The molecular weight excluding hydrogens is 348 g/mol. The first-order chi connectivity index (χ1) is 12.4. The van der Waals surface area contributed by atoms with Crippen molar-refractivity contribution in [3.05, 3.63) is 65.7 Å². The molecule has 0 saturated carbocycles. The lowest BCUT2D eigenvalue weighted by Crippen LogP contribution is -2.36. The summed E-state index contributed by atoms with van der Waals surface area (Å²) in [7, 11) is -3.33. The molecule has 1 aliphatic rings. The van der Waals surface area contributed by atoms with Gasteiger partial charge in [-0.1, -0.05) is 36.4 Å². The second-order valence-corrected chi connectivity index (χ2v) is 8.70. The zero-order valence-electron chi connectivity index (χ0n) is 14.9. The Kier molecular flexibility index (Phi) is 5.74. The molecule has 1 fully saturated rings. The number of hydrogen-bond acceptors (Lipinski definition) is 4. The van der Waals surface area contributed by atoms with Crippen molar-refractivity contribution >= 4 is 15.7 Å². The lowest BCUT2D eigenvalue weighted by molar-refractivity contribution is 0.0937. The minimum Gasteiger partial charge on any atom is -0.350 e. The third-order valence-corrected chi connectivity index (χ3v) is 5.86. The predicted molar refractivity (Wildman–Crippen MR) is 102 cm³/mol. The van der Waals surface area contributed by atoms with Gasteiger partial charge in [0, 0.05) is 18.4 Å². The van der Waals surface area contributed by atoms with Gasteiger partial charge in [-0.3, -0.25) is 9.69 Å². The van der Waals surface area contributed by atoms with Crippen LogP contribution in [0.15, 0.2) is 59.5 Å². The number of hydrogen-bond donors (Lipinski definition) is 1. The van der Waals surface area contributed by atoms with Crippen molar-refractivity contribution in [2.24, 2.45) is 0 Å². The van der Waals surface area contributed by atoms with Crippen molar-refractivity contribution in [2.75, 3.05) is 25.9 Å². The molecule has 1 unspecified atom stereocenters. The first-order valence-corrected chi connectivity index (χ1v) is 10.7. The summed E-state index contributed by atoms with van der Waals surface area (Å²) in [4.78, 5) is 15.1. The molecule has 1 heterocycles. The smallest absolute Gasteiger partial charge is 0.251 e. The van der Waals surface area contributed by atoms with Crippen LogP contribution in [0, 0.1) is 0 Å². The highest BCUT2D eigenvalue weighted by Gasteiger charge is 2.24. The Labute approximate surface area is 154 Å². The van der Waals surface area contributed by atoms with E-state index in [0.29, 0.717) is 12.1 Å². The maximum absolute atomic E-state index is 12.6. The zero-order chi connectivity index (χ0) is 18.6. The molecule has 1 amide bonds. The Balaban J connectivity index is 1.74. The van der Waals surface area contributed by atoms with Gasteiger partial charge >= 0.3 is 0 Å². The molecule has 0 spiro atoms. The summed E-state index contributed by atoms with van der Waals surface area (Å²) in [5.74, 6) is -0.254. The number of carbonyl (C=O) groups is 1. The van der Waals surface area contributed by atoms with Crippen LogP contribution >= 0.6 is 0 Å². The molecule has 0 aliphatic carbocycles. The van der Waals surface area contributed by atoms with Crippen molar-refractivity contribution in [2.45, 2.75) is 23.8 Å². The van der Waals surface area contributed by atoms with Crippen molar-refractivity contribution in [1.82, 2.24) is 10.2 Å². The summed E-state index contributed by atoms with van der Waals surface area (Å²) in [5.41, 5.74) is 1.54. The number of nitrogens with zero attached hydrogens (tertiary/aromatic N) is 1. The Bertz CT molecular complexity index is 860. The molecule has 0 bridgehead atoms. The van der Waals surface area contributed by atoms with Gasteiger partial charge < -0.3 is 5.32 Å². The van der Waals surface area contributed by atoms with Gasteiger partial charge in [0.15, 0.2) is 9.84 Å². The molecule has 1 N–H and O–H groups in total. The standard InChI is InChI=1S/C20H24N2O3S/c1-26(24,25)18-11-7-10-17(14-18)20(23)21-15-19(22-12-5-6-13-22)16-8-3-2-4-9-16/h2-4,7-11,14,19H,5-6,12-13,15H2,1H3,(H,21,23). The average Bonchev–Trinajstić information content (AvgIpc) is 3.16. The minimum absolute atomic E-state index is 0.126. The third-order valence-electron chi connectivity index (χ3n) is 4.75. The molecule has 1 aliphatic heterocycles. The zero-order valence-corrected chi connectivity index (χ0v) is 15.7. The van der Waals surface area contributed by atoms with E-state index in [2.05, 4.69) is 22.3 Å². The number of benzene rings is 2. The predicted octanol–water partition coefficient (Wildman–Crippen LogP) is 2.66. The fourth-order valence-corrected chi connectivity index (χ4v) is 4.01. The number of carbonyl (C=O) groups excluding carboxylic acids is 1. The van der Waals surface area contributed by atoms with Crippen molar-refractivity contribution < 1.29 is 13.2 Å². The van der Waals surface area contributed by atoms with Gasteiger partial charge in [0.2, 0.25) is 0 Å². The normalized spacial score (nSPS) is 16.3. The molecule has 2 aromatic rings. The van der Waals surface area contributed by atoms with E-state index >= 15 is 0 Å². The Hall–Kier alpha value is -2.18. The largest absolute Gasteiger partial charge is 0.350 e. The highest BCUT2D eigenvalue weighted by atomic mass is 32.2. The highest BCUT2D eigenvalue weighted by molar-refractivity contribution is 7.90. The summed E-state index contributed by atoms with van der Waals surface area (Å²) in [6.45, 7) is 2.55. The number of amides is 1. The molecular formula is C20H24N2O3S. The summed E-state index contributed by atoms with van der Waals surface area (Å²) >= 11 is 0. The first kappa shape index (κ1) is 18.6. The molecule has 2 aromatic carbocycles. The fraction of sp³-hybridized carbons (Fsp3) is 0.350. The SMILES string of the molecule is CS(=O)(=O)c1cccc(C(=O)NCC(c2ccccc2)N2CCCC2)c1. The second-order valence-electron chi connectivity index (χ2n) is 6.68. The third kappa shape index (κ3) is 4.51. The minimum atomic E-state index is -3.33. The van der Waals surface area contributed by atoms with Crippen molar-refractivity contribution in [1.29, 1.82) is 0 Å². The lowest BCUT2D eigenvalue weighted by atomic mass is 10.1. The van der Waals surface area contributed by atoms with E-state index in [0.717, 1.165) is 19.3 Å². The van der Waals surface area contributed by atoms with Crippen LogP contribution < -0.4 is 5.32 Å². The van der Waals surface area contributed by atoms with E-state index in [-0.39, 0.29) is 16.8 Å². The Morgan fingerprint density at radius 3 is 2.42 bits per heavy atom. The fourth-order valence-electron chi connectivity index (χ4n) is 3.35. The van der Waals surface area contributed by atoms with Crippen LogP contribution in [0.5, 0.6) is 0 Å². The molecule has 6 heteroatoms. The van der Waals surface area contributed by atoms with Gasteiger partial charge in [-0.25, -0.2) is 8.42 Å². The molecule has 1 saturated heterocycles. The highest BCUT2D eigenvalue weighted by Crippen LogP contribution is 2.24.